The lowest BCUT2D eigenvalue weighted by Gasteiger charge is -2.35. The number of nitrogens with one attached hydrogen (secondary N) is 1. The Labute approximate surface area is 184 Å². The average molecular weight is 463 g/mol. The number of halogens is 1. The van der Waals surface area contributed by atoms with Crippen LogP contribution in [0.3, 0.4) is 0 Å². The fourth-order valence-corrected chi connectivity index (χ4v) is 3.99. The largest absolute Gasteiger partial charge is 0.368 e. The maximum Gasteiger partial charge on any atom is 0.240 e. The first-order valence-electron chi connectivity index (χ1n) is 9.56. The number of carbonyl (C=O) groups is 2. The Morgan fingerprint density at radius 2 is 1.20 bits per heavy atom. The molecule has 5 heteroatoms. The van der Waals surface area contributed by atoms with Crippen molar-refractivity contribution in [2.45, 2.75) is 17.9 Å². The molecule has 3 rings (SSSR count). The van der Waals surface area contributed by atoms with Crippen LogP contribution in [0.4, 0.5) is 0 Å². The highest BCUT2D eigenvalue weighted by molar-refractivity contribution is 9.11. The number of rotatable bonds is 8. The van der Waals surface area contributed by atoms with E-state index in [1.54, 1.807) is 0 Å². The molecular weight excluding hydrogens is 440 g/mol. The number of amides is 2. The zero-order valence-corrected chi connectivity index (χ0v) is 18.0. The SMILES string of the molecule is C=C(Br)C[C@@H](NC(=O)C(c1ccccc1)(c1ccccc1)c1ccccc1)C(N)=O. The Hall–Kier alpha value is -3.18. The minimum absolute atomic E-state index is 0.204. The standard InChI is InChI=1S/C25H23BrN2O2/c1-18(26)17-22(23(27)29)28-24(30)25(19-11-5-2-6-12-19,20-13-7-3-8-14-20)21-15-9-4-10-16-21/h2-16,22H,1,17H2,(H2,27,29)(H,28,30)/t22-/m1/s1. The number of carbonyl (C=O) groups excluding carboxylic acids is 2. The fraction of sp³-hybridized carbons (Fsp3) is 0.120. The average Bonchev–Trinajstić information content (AvgIpc) is 2.76. The molecule has 0 aliphatic heterocycles. The van der Waals surface area contributed by atoms with E-state index in [-0.39, 0.29) is 12.3 Å². The number of hydrogen-bond donors (Lipinski definition) is 2. The van der Waals surface area contributed by atoms with Crippen LogP contribution in [-0.2, 0) is 15.0 Å². The molecule has 0 aromatic heterocycles. The van der Waals surface area contributed by atoms with Crippen LogP contribution in [0.1, 0.15) is 23.1 Å². The van der Waals surface area contributed by atoms with Gasteiger partial charge in [-0.2, -0.15) is 0 Å². The third-order valence-corrected chi connectivity index (χ3v) is 5.36. The highest BCUT2D eigenvalue weighted by Gasteiger charge is 2.44. The molecule has 1 atom stereocenters. The van der Waals surface area contributed by atoms with Crippen LogP contribution < -0.4 is 11.1 Å². The summed E-state index contributed by atoms with van der Waals surface area (Å²) in [6, 6.07) is 27.7. The molecule has 0 spiro atoms. The summed E-state index contributed by atoms with van der Waals surface area (Å²) in [7, 11) is 0. The second-order valence-electron chi connectivity index (χ2n) is 7.00. The molecular formula is C25H23BrN2O2. The van der Waals surface area contributed by atoms with Gasteiger partial charge < -0.3 is 11.1 Å². The first-order valence-corrected chi connectivity index (χ1v) is 10.4. The van der Waals surface area contributed by atoms with Crippen LogP contribution in [0.2, 0.25) is 0 Å². The van der Waals surface area contributed by atoms with Crippen molar-refractivity contribution >= 4 is 27.7 Å². The number of primary amides is 1. The molecule has 0 bridgehead atoms. The van der Waals surface area contributed by atoms with Crippen LogP contribution in [0.5, 0.6) is 0 Å². The summed E-state index contributed by atoms with van der Waals surface area (Å²) in [6.07, 6.45) is 0.204. The topological polar surface area (TPSA) is 72.2 Å². The van der Waals surface area contributed by atoms with Crippen molar-refractivity contribution in [1.29, 1.82) is 0 Å². The summed E-state index contributed by atoms with van der Waals surface area (Å²) in [5.41, 5.74) is 6.79. The van der Waals surface area contributed by atoms with Gasteiger partial charge in [0.25, 0.3) is 0 Å². The number of hydrogen-bond acceptors (Lipinski definition) is 2. The quantitative estimate of drug-likeness (QED) is 0.490. The van der Waals surface area contributed by atoms with Gasteiger partial charge in [0.1, 0.15) is 11.5 Å². The first-order chi connectivity index (χ1) is 14.5. The van der Waals surface area contributed by atoms with E-state index in [0.717, 1.165) is 16.7 Å². The van der Waals surface area contributed by atoms with Crippen molar-refractivity contribution in [3.05, 3.63) is 119 Å². The van der Waals surface area contributed by atoms with Gasteiger partial charge in [-0.25, -0.2) is 0 Å². The Morgan fingerprint density at radius 1 is 0.833 bits per heavy atom. The lowest BCUT2D eigenvalue weighted by Crippen LogP contribution is -2.53. The van der Waals surface area contributed by atoms with E-state index in [0.29, 0.717) is 4.48 Å². The molecule has 3 N–H and O–H groups in total. The molecule has 0 aliphatic rings. The summed E-state index contributed by atoms with van der Waals surface area (Å²) in [5.74, 6) is -0.948. The summed E-state index contributed by atoms with van der Waals surface area (Å²) in [4.78, 5) is 26.1. The molecule has 0 fully saturated rings. The van der Waals surface area contributed by atoms with Crippen LogP contribution in [-0.4, -0.2) is 17.9 Å². The van der Waals surface area contributed by atoms with Crippen molar-refractivity contribution in [3.63, 3.8) is 0 Å². The minimum Gasteiger partial charge on any atom is -0.368 e. The molecule has 152 valence electrons. The molecule has 0 heterocycles. The van der Waals surface area contributed by atoms with E-state index in [1.165, 1.54) is 0 Å². The molecule has 0 unspecified atom stereocenters. The highest BCUT2D eigenvalue weighted by Crippen LogP contribution is 2.39. The van der Waals surface area contributed by atoms with Gasteiger partial charge >= 0.3 is 0 Å². The van der Waals surface area contributed by atoms with Gasteiger partial charge in [0, 0.05) is 6.42 Å². The maximum absolute atomic E-state index is 14.0. The summed E-state index contributed by atoms with van der Waals surface area (Å²) in [6.45, 7) is 3.78. The van der Waals surface area contributed by atoms with E-state index >= 15 is 0 Å². The summed E-state index contributed by atoms with van der Waals surface area (Å²) < 4.78 is 0.580. The van der Waals surface area contributed by atoms with E-state index in [1.807, 2.05) is 91.0 Å². The molecule has 30 heavy (non-hydrogen) atoms. The van der Waals surface area contributed by atoms with E-state index < -0.39 is 17.4 Å². The first kappa shape index (κ1) is 21.5. The van der Waals surface area contributed by atoms with Gasteiger partial charge in [0.15, 0.2) is 0 Å². The molecule has 2 amide bonds. The van der Waals surface area contributed by atoms with Crippen molar-refractivity contribution in [2.24, 2.45) is 5.73 Å². The van der Waals surface area contributed by atoms with Crippen molar-refractivity contribution < 1.29 is 9.59 Å². The third-order valence-electron chi connectivity index (χ3n) is 5.04. The smallest absolute Gasteiger partial charge is 0.240 e. The van der Waals surface area contributed by atoms with Gasteiger partial charge in [-0.05, 0) is 21.2 Å². The number of benzene rings is 3. The summed E-state index contributed by atoms with van der Waals surface area (Å²) in [5, 5.41) is 2.88. The normalized spacial score (nSPS) is 12.0. The maximum atomic E-state index is 14.0. The monoisotopic (exact) mass is 462 g/mol. The second-order valence-corrected chi connectivity index (χ2v) is 8.12. The molecule has 3 aromatic rings. The van der Waals surface area contributed by atoms with Crippen molar-refractivity contribution in [3.8, 4) is 0 Å². The predicted octanol–water partition coefficient (Wildman–Crippen LogP) is 4.29. The van der Waals surface area contributed by atoms with Gasteiger partial charge in [-0.1, -0.05) is 114 Å². The van der Waals surface area contributed by atoms with E-state index in [4.69, 9.17) is 5.73 Å². The fourth-order valence-electron chi connectivity index (χ4n) is 3.67. The molecule has 3 aromatic carbocycles. The van der Waals surface area contributed by atoms with E-state index in [9.17, 15) is 9.59 Å². The van der Waals surface area contributed by atoms with Crippen molar-refractivity contribution in [2.75, 3.05) is 0 Å². The molecule has 0 saturated heterocycles. The van der Waals surface area contributed by atoms with Crippen LogP contribution >= 0.6 is 15.9 Å². The highest BCUT2D eigenvalue weighted by atomic mass is 79.9. The van der Waals surface area contributed by atoms with Crippen LogP contribution in [0.25, 0.3) is 0 Å². The Kier molecular flexibility index (Phi) is 6.85. The summed E-state index contributed by atoms with van der Waals surface area (Å²) >= 11 is 3.26. The van der Waals surface area contributed by atoms with Crippen molar-refractivity contribution in [1.82, 2.24) is 5.32 Å². The van der Waals surface area contributed by atoms with Crippen LogP contribution in [0, 0.1) is 0 Å². The Balaban J connectivity index is 2.24. The van der Waals surface area contributed by atoms with Gasteiger partial charge in [-0.15, -0.1) is 0 Å². The van der Waals surface area contributed by atoms with Gasteiger partial charge in [0.2, 0.25) is 11.8 Å². The molecule has 4 nitrogen and oxygen atoms in total. The Bertz CT molecular complexity index is 924. The number of nitrogens with two attached hydrogens (primary N) is 1. The van der Waals surface area contributed by atoms with E-state index in [2.05, 4.69) is 27.8 Å². The van der Waals surface area contributed by atoms with Crippen LogP contribution in [0.15, 0.2) is 102 Å². The molecule has 0 saturated carbocycles. The zero-order chi connectivity index (χ0) is 21.6. The second kappa shape index (κ2) is 9.55. The third kappa shape index (κ3) is 4.36. The lowest BCUT2D eigenvalue weighted by atomic mass is 9.68. The predicted molar refractivity (Wildman–Crippen MR) is 123 cm³/mol. The zero-order valence-electron chi connectivity index (χ0n) is 16.4. The van der Waals surface area contributed by atoms with Gasteiger partial charge in [-0.3, -0.25) is 9.59 Å². The minimum atomic E-state index is -1.16. The Morgan fingerprint density at radius 3 is 1.50 bits per heavy atom. The van der Waals surface area contributed by atoms with Gasteiger partial charge in [0.05, 0.1) is 0 Å². The molecule has 0 aliphatic carbocycles. The lowest BCUT2D eigenvalue weighted by molar-refractivity contribution is -0.129. The molecule has 0 radical (unpaired) electrons.